The molecule has 26 heavy (non-hydrogen) atoms. The second-order valence-corrected chi connectivity index (χ2v) is 7.45. The number of hydrogen-bond acceptors (Lipinski definition) is 5. The summed E-state index contributed by atoms with van der Waals surface area (Å²) in [5.74, 6) is -1.60. The van der Waals surface area contributed by atoms with Crippen molar-refractivity contribution >= 4 is 39.1 Å². The summed E-state index contributed by atoms with van der Waals surface area (Å²) in [4.78, 5) is 35.3. The number of nitrogens with one attached hydrogen (secondary N) is 2. The van der Waals surface area contributed by atoms with E-state index in [1.807, 2.05) is 0 Å². The number of rotatable bonds is 4. The van der Waals surface area contributed by atoms with Crippen molar-refractivity contribution in [1.82, 2.24) is 4.31 Å². The highest BCUT2D eigenvalue weighted by molar-refractivity contribution is 7.90. The minimum atomic E-state index is -4.03. The van der Waals surface area contributed by atoms with Crippen molar-refractivity contribution in [3.8, 4) is 0 Å². The minimum absolute atomic E-state index is 0.0555. The van der Waals surface area contributed by atoms with Gasteiger partial charge in [0.2, 0.25) is 11.8 Å². The molecule has 0 saturated carbocycles. The molecule has 1 aliphatic heterocycles. The SMILES string of the molecule is CC(=O)Nc1ccc(NC(=O)CN2C(=O)c3ccccc3S2(=O)=O)cc1. The van der Waals surface area contributed by atoms with Gasteiger partial charge in [-0.25, -0.2) is 12.7 Å². The van der Waals surface area contributed by atoms with Crippen LogP contribution in [0.15, 0.2) is 53.4 Å². The Morgan fingerprint density at radius 1 is 0.962 bits per heavy atom. The number of carbonyl (C=O) groups is 3. The van der Waals surface area contributed by atoms with Gasteiger partial charge in [-0.15, -0.1) is 0 Å². The summed E-state index contributed by atoms with van der Waals surface area (Å²) in [6.45, 7) is 0.754. The number of benzene rings is 2. The van der Waals surface area contributed by atoms with Gasteiger partial charge in [0.15, 0.2) is 0 Å². The van der Waals surface area contributed by atoms with Gasteiger partial charge in [-0.1, -0.05) is 12.1 Å². The van der Waals surface area contributed by atoms with Crippen LogP contribution in [-0.4, -0.2) is 37.0 Å². The van der Waals surface area contributed by atoms with Gasteiger partial charge in [-0.2, -0.15) is 0 Å². The molecule has 0 unspecified atom stereocenters. The summed E-state index contributed by atoms with van der Waals surface area (Å²) in [5, 5.41) is 5.11. The second-order valence-electron chi connectivity index (χ2n) is 5.62. The Labute approximate surface area is 149 Å². The highest BCUT2D eigenvalue weighted by Gasteiger charge is 2.41. The van der Waals surface area contributed by atoms with E-state index in [1.165, 1.54) is 25.1 Å². The molecule has 0 spiro atoms. The van der Waals surface area contributed by atoms with E-state index in [9.17, 15) is 22.8 Å². The fourth-order valence-corrected chi connectivity index (χ4v) is 4.08. The maximum Gasteiger partial charge on any atom is 0.269 e. The van der Waals surface area contributed by atoms with E-state index in [0.29, 0.717) is 15.7 Å². The standard InChI is InChI=1S/C17H15N3O5S/c1-11(21)18-12-6-8-13(9-7-12)19-16(22)10-20-17(23)14-4-2-3-5-15(14)26(20,24)25/h2-9H,10H2,1H3,(H,18,21)(H,19,22). The molecular formula is C17H15N3O5S. The molecule has 3 rings (SSSR count). The van der Waals surface area contributed by atoms with Crippen molar-refractivity contribution in [3.05, 3.63) is 54.1 Å². The third kappa shape index (κ3) is 3.29. The smallest absolute Gasteiger partial charge is 0.269 e. The molecule has 134 valence electrons. The number of hydrogen-bond donors (Lipinski definition) is 2. The molecule has 0 aromatic heterocycles. The van der Waals surface area contributed by atoms with Crippen molar-refractivity contribution in [3.63, 3.8) is 0 Å². The lowest BCUT2D eigenvalue weighted by molar-refractivity contribution is -0.116. The Morgan fingerprint density at radius 3 is 2.12 bits per heavy atom. The van der Waals surface area contributed by atoms with Crippen LogP contribution in [0.1, 0.15) is 17.3 Å². The van der Waals surface area contributed by atoms with Gasteiger partial charge in [-0.05, 0) is 36.4 Å². The number of fused-ring (bicyclic) bond motifs is 1. The zero-order chi connectivity index (χ0) is 18.9. The lowest BCUT2D eigenvalue weighted by Crippen LogP contribution is -2.37. The predicted octanol–water partition coefficient (Wildman–Crippen LogP) is 1.43. The Balaban J connectivity index is 1.71. The molecule has 0 atom stereocenters. The molecule has 0 saturated heterocycles. The number of nitrogens with zero attached hydrogens (tertiary/aromatic N) is 1. The highest BCUT2D eigenvalue weighted by atomic mass is 32.2. The van der Waals surface area contributed by atoms with Crippen LogP contribution in [0.25, 0.3) is 0 Å². The van der Waals surface area contributed by atoms with Crippen molar-refractivity contribution in [2.24, 2.45) is 0 Å². The number of sulfonamides is 1. The van der Waals surface area contributed by atoms with Crippen LogP contribution in [0, 0.1) is 0 Å². The van der Waals surface area contributed by atoms with Gasteiger partial charge in [-0.3, -0.25) is 14.4 Å². The van der Waals surface area contributed by atoms with E-state index in [-0.39, 0.29) is 16.4 Å². The fraction of sp³-hybridized carbons (Fsp3) is 0.118. The predicted molar refractivity (Wildman–Crippen MR) is 94.0 cm³/mol. The normalized spacial score (nSPS) is 14.7. The average molecular weight is 373 g/mol. The topological polar surface area (TPSA) is 113 Å². The molecule has 2 N–H and O–H groups in total. The van der Waals surface area contributed by atoms with E-state index in [4.69, 9.17) is 0 Å². The monoisotopic (exact) mass is 373 g/mol. The first-order chi connectivity index (χ1) is 12.3. The van der Waals surface area contributed by atoms with Gasteiger partial charge in [0, 0.05) is 18.3 Å². The summed E-state index contributed by atoms with van der Waals surface area (Å²) in [7, 11) is -4.03. The van der Waals surface area contributed by atoms with E-state index in [2.05, 4.69) is 10.6 Å². The van der Waals surface area contributed by atoms with Crippen LogP contribution in [0.2, 0.25) is 0 Å². The average Bonchev–Trinajstić information content (AvgIpc) is 2.78. The summed E-state index contributed by atoms with van der Waals surface area (Å²) < 4.78 is 25.4. The van der Waals surface area contributed by atoms with Crippen molar-refractivity contribution < 1.29 is 22.8 Å². The summed E-state index contributed by atoms with van der Waals surface area (Å²) in [5.41, 5.74) is 1.02. The Kier molecular flexibility index (Phi) is 4.47. The van der Waals surface area contributed by atoms with Crippen molar-refractivity contribution in [2.75, 3.05) is 17.2 Å². The molecule has 0 aliphatic carbocycles. The lowest BCUT2D eigenvalue weighted by Gasteiger charge is -2.15. The van der Waals surface area contributed by atoms with Gasteiger partial charge in [0.25, 0.3) is 15.9 Å². The first kappa shape index (κ1) is 17.6. The fourth-order valence-electron chi connectivity index (χ4n) is 2.56. The first-order valence-electron chi connectivity index (χ1n) is 7.62. The molecule has 0 bridgehead atoms. The van der Waals surface area contributed by atoms with Gasteiger partial charge >= 0.3 is 0 Å². The van der Waals surface area contributed by atoms with Crippen molar-refractivity contribution in [1.29, 1.82) is 0 Å². The summed E-state index contributed by atoms with van der Waals surface area (Å²) in [6, 6.07) is 12.1. The molecule has 1 heterocycles. The Hall–Kier alpha value is -3.20. The molecule has 2 aromatic carbocycles. The van der Waals surface area contributed by atoms with Crippen LogP contribution in [0.4, 0.5) is 11.4 Å². The van der Waals surface area contributed by atoms with Crippen LogP contribution >= 0.6 is 0 Å². The third-order valence-corrected chi connectivity index (χ3v) is 5.48. The molecule has 1 aliphatic rings. The van der Waals surface area contributed by atoms with Crippen LogP contribution < -0.4 is 10.6 Å². The summed E-state index contributed by atoms with van der Waals surface area (Å²) >= 11 is 0. The third-order valence-electron chi connectivity index (χ3n) is 3.69. The Morgan fingerprint density at radius 2 is 1.54 bits per heavy atom. The molecule has 2 aromatic rings. The molecule has 3 amide bonds. The molecular weight excluding hydrogens is 358 g/mol. The first-order valence-corrected chi connectivity index (χ1v) is 9.06. The van der Waals surface area contributed by atoms with Crippen LogP contribution in [-0.2, 0) is 19.6 Å². The Bertz CT molecular complexity index is 999. The summed E-state index contributed by atoms with van der Waals surface area (Å²) in [6.07, 6.45) is 0. The maximum absolute atomic E-state index is 12.4. The van der Waals surface area contributed by atoms with Gasteiger partial charge in [0.1, 0.15) is 11.4 Å². The highest BCUT2D eigenvalue weighted by Crippen LogP contribution is 2.29. The van der Waals surface area contributed by atoms with Gasteiger partial charge < -0.3 is 10.6 Å². The van der Waals surface area contributed by atoms with Crippen LogP contribution in [0.3, 0.4) is 0 Å². The lowest BCUT2D eigenvalue weighted by atomic mass is 10.2. The number of amides is 3. The number of carbonyl (C=O) groups excluding carboxylic acids is 3. The van der Waals surface area contributed by atoms with E-state index in [0.717, 1.165) is 0 Å². The molecule has 0 radical (unpaired) electrons. The van der Waals surface area contributed by atoms with Gasteiger partial charge in [0.05, 0.1) is 5.56 Å². The van der Waals surface area contributed by atoms with E-state index < -0.39 is 28.4 Å². The molecule has 8 nitrogen and oxygen atoms in total. The van der Waals surface area contributed by atoms with E-state index in [1.54, 1.807) is 30.3 Å². The molecule has 0 fully saturated rings. The molecule has 9 heteroatoms. The maximum atomic E-state index is 12.4. The second kappa shape index (κ2) is 6.60. The quantitative estimate of drug-likeness (QED) is 0.842. The zero-order valence-corrected chi connectivity index (χ0v) is 14.5. The van der Waals surface area contributed by atoms with E-state index >= 15 is 0 Å². The zero-order valence-electron chi connectivity index (χ0n) is 13.7. The number of anilines is 2. The van der Waals surface area contributed by atoms with Crippen molar-refractivity contribution in [2.45, 2.75) is 11.8 Å². The largest absolute Gasteiger partial charge is 0.326 e. The van der Waals surface area contributed by atoms with Crippen LogP contribution in [0.5, 0.6) is 0 Å². The minimum Gasteiger partial charge on any atom is -0.326 e.